The second kappa shape index (κ2) is 10.7. The number of ether oxygens (including phenoxy) is 3. The van der Waals surface area contributed by atoms with E-state index in [1.807, 2.05) is 18.2 Å². The van der Waals surface area contributed by atoms with Crippen molar-refractivity contribution in [3.05, 3.63) is 53.6 Å². The summed E-state index contributed by atoms with van der Waals surface area (Å²) in [6, 6.07) is 14.6. The van der Waals surface area contributed by atoms with Crippen molar-refractivity contribution in [3.8, 4) is 17.2 Å². The van der Waals surface area contributed by atoms with Gasteiger partial charge in [0, 0.05) is 12.6 Å². The molecule has 0 saturated carbocycles. The topological polar surface area (TPSA) is 30.9 Å². The number of benzene rings is 2. The third kappa shape index (κ3) is 5.91. The molecule has 30 heavy (non-hydrogen) atoms. The van der Waals surface area contributed by atoms with Crippen LogP contribution in [0.1, 0.15) is 49.7 Å². The van der Waals surface area contributed by atoms with E-state index in [2.05, 4.69) is 36.1 Å². The van der Waals surface area contributed by atoms with Gasteiger partial charge in [0.15, 0.2) is 11.5 Å². The van der Waals surface area contributed by atoms with Crippen LogP contribution in [0.25, 0.3) is 0 Å². The van der Waals surface area contributed by atoms with Crippen molar-refractivity contribution in [3.63, 3.8) is 0 Å². The number of fused-ring (bicyclic) bond motifs is 1. The minimum Gasteiger partial charge on any atom is -0.493 e. The summed E-state index contributed by atoms with van der Waals surface area (Å²) >= 11 is 0. The Bertz CT molecular complexity index is 799. The normalized spacial score (nSPS) is 16.7. The summed E-state index contributed by atoms with van der Waals surface area (Å²) in [7, 11) is 0. The average Bonchev–Trinajstić information content (AvgIpc) is 3.24. The van der Waals surface area contributed by atoms with E-state index in [0.717, 1.165) is 42.7 Å². The van der Waals surface area contributed by atoms with Crippen LogP contribution >= 0.6 is 0 Å². The fourth-order valence-corrected chi connectivity index (χ4v) is 4.58. The van der Waals surface area contributed by atoms with Crippen LogP contribution in [-0.2, 0) is 6.42 Å². The third-order valence-corrected chi connectivity index (χ3v) is 6.51. The predicted molar refractivity (Wildman–Crippen MR) is 121 cm³/mol. The molecule has 0 aliphatic carbocycles. The van der Waals surface area contributed by atoms with Crippen LogP contribution in [0.4, 0.5) is 0 Å². The van der Waals surface area contributed by atoms with Gasteiger partial charge in [-0.25, -0.2) is 0 Å². The maximum Gasteiger partial charge on any atom is 0.231 e. The van der Waals surface area contributed by atoms with Crippen molar-refractivity contribution in [2.45, 2.75) is 51.9 Å². The lowest BCUT2D eigenvalue weighted by Gasteiger charge is -2.32. The zero-order valence-corrected chi connectivity index (χ0v) is 18.3. The third-order valence-electron chi connectivity index (χ3n) is 6.51. The lowest BCUT2D eigenvalue weighted by Crippen LogP contribution is -2.34. The Hall–Kier alpha value is -2.20. The van der Waals surface area contributed by atoms with Gasteiger partial charge in [0.05, 0.1) is 6.61 Å². The summed E-state index contributed by atoms with van der Waals surface area (Å²) in [5.74, 6) is 3.38. The summed E-state index contributed by atoms with van der Waals surface area (Å²) < 4.78 is 16.6. The van der Waals surface area contributed by atoms with E-state index in [9.17, 15) is 0 Å². The Labute approximate surface area is 181 Å². The summed E-state index contributed by atoms with van der Waals surface area (Å²) in [5.41, 5.74) is 2.96. The van der Waals surface area contributed by atoms with Gasteiger partial charge in [-0.2, -0.15) is 0 Å². The first-order valence-electron chi connectivity index (χ1n) is 11.6. The van der Waals surface area contributed by atoms with E-state index in [0.29, 0.717) is 6.79 Å². The smallest absolute Gasteiger partial charge is 0.231 e. The van der Waals surface area contributed by atoms with Gasteiger partial charge in [-0.05, 0) is 81.3 Å². The number of likely N-dealkylation sites (tertiary alicyclic amines) is 1. The minimum absolute atomic E-state index is 0.307. The molecule has 0 spiro atoms. The molecule has 1 saturated heterocycles. The van der Waals surface area contributed by atoms with Crippen molar-refractivity contribution < 1.29 is 14.2 Å². The first-order valence-corrected chi connectivity index (χ1v) is 11.6. The van der Waals surface area contributed by atoms with Crippen molar-refractivity contribution >= 4 is 0 Å². The Morgan fingerprint density at radius 2 is 1.80 bits per heavy atom. The lowest BCUT2D eigenvalue weighted by molar-refractivity contribution is 0.165. The molecule has 0 bridgehead atoms. The fourth-order valence-electron chi connectivity index (χ4n) is 4.58. The fraction of sp³-hybridized carbons (Fsp3) is 0.538. The molecule has 0 aromatic heterocycles. The van der Waals surface area contributed by atoms with Gasteiger partial charge < -0.3 is 19.1 Å². The van der Waals surface area contributed by atoms with E-state index in [1.54, 1.807) is 0 Å². The maximum atomic E-state index is 5.89. The van der Waals surface area contributed by atoms with Crippen molar-refractivity contribution in [2.75, 3.05) is 33.0 Å². The molecule has 2 heterocycles. The lowest BCUT2D eigenvalue weighted by atomic mass is 9.90. The van der Waals surface area contributed by atoms with Crippen LogP contribution in [0.5, 0.6) is 17.2 Å². The molecule has 1 fully saturated rings. The molecule has 2 aromatic carbocycles. The first kappa shape index (κ1) is 21.0. The van der Waals surface area contributed by atoms with Gasteiger partial charge in [-0.15, -0.1) is 0 Å². The molecule has 0 amide bonds. The summed E-state index contributed by atoms with van der Waals surface area (Å²) in [6.07, 6.45) is 9.09. The first-order chi connectivity index (χ1) is 14.8. The Kier molecular flexibility index (Phi) is 7.52. The molecule has 2 aromatic rings. The number of rotatable bonds is 10. The quantitative estimate of drug-likeness (QED) is 0.477. The molecule has 4 nitrogen and oxygen atoms in total. The van der Waals surface area contributed by atoms with E-state index < -0.39 is 0 Å². The van der Waals surface area contributed by atoms with Crippen molar-refractivity contribution in [1.82, 2.24) is 4.90 Å². The second-order valence-electron chi connectivity index (χ2n) is 8.67. The molecular formula is C26H35NO3. The van der Waals surface area contributed by atoms with Gasteiger partial charge in [0.25, 0.3) is 0 Å². The highest BCUT2D eigenvalue weighted by molar-refractivity contribution is 5.46. The van der Waals surface area contributed by atoms with Gasteiger partial charge in [0.2, 0.25) is 6.79 Å². The molecule has 0 unspecified atom stereocenters. The number of piperidine rings is 1. The van der Waals surface area contributed by atoms with Crippen LogP contribution in [0.15, 0.2) is 42.5 Å². The van der Waals surface area contributed by atoms with Crippen LogP contribution in [0.3, 0.4) is 0 Å². The van der Waals surface area contributed by atoms with Crippen molar-refractivity contribution in [1.29, 1.82) is 0 Å². The minimum atomic E-state index is 0.307. The van der Waals surface area contributed by atoms with Crippen LogP contribution in [0.2, 0.25) is 0 Å². The highest BCUT2D eigenvalue weighted by atomic mass is 16.7. The van der Waals surface area contributed by atoms with E-state index in [-0.39, 0.29) is 0 Å². The molecule has 4 heteroatoms. The number of unbranched alkanes of at least 4 members (excludes halogenated alkanes) is 1. The van der Waals surface area contributed by atoms with Gasteiger partial charge >= 0.3 is 0 Å². The Morgan fingerprint density at radius 1 is 0.967 bits per heavy atom. The number of nitrogens with zero attached hydrogens (tertiary/aromatic N) is 1. The van der Waals surface area contributed by atoms with Crippen LogP contribution in [0, 0.1) is 12.8 Å². The molecule has 2 aliphatic heterocycles. The Morgan fingerprint density at radius 3 is 2.67 bits per heavy atom. The van der Waals surface area contributed by atoms with Crippen LogP contribution in [-0.4, -0.2) is 37.9 Å². The van der Waals surface area contributed by atoms with Gasteiger partial charge in [-0.3, -0.25) is 0 Å². The monoisotopic (exact) mass is 409 g/mol. The number of hydrogen-bond donors (Lipinski definition) is 0. The van der Waals surface area contributed by atoms with Gasteiger partial charge in [0.1, 0.15) is 5.75 Å². The zero-order chi connectivity index (χ0) is 20.6. The molecule has 162 valence electrons. The summed E-state index contributed by atoms with van der Waals surface area (Å²) in [6.45, 7) is 6.90. The molecule has 0 radical (unpaired) electrons. The highest BCUT2D eigenvalue weighted by Gasteiger charge is 2.18. The van der Waals surface area contributed by atoms with E-state index in [1.165, 1.54) is 62.7 Å². The average molecular weight is 410 g/mol. The SMILES string of the molecule is Cc1ccccc1CCCCC1CCN(CCCOc2ccc3c(c2)OCO3)CC1. The second-order valence-corrected chi connectivity index (χ2v) is 8.67. The molecule has 0 N–H and O–H groups in total. The zero-order valence-electron chi connectivity index (χ0n) is 18.3. The van der Waals surface area contributed by atoms with E-state index >= 15 is 0 Å². The molecule has 0 atom stereocenters. The summed E-state index contributed by atoms with van der Waals surface area (Å²) in [4.78, 5) is 2.60. The van der Waals surface area contributed by atoms with Gasteiger partial charge in [-0.1, -0.05) is 37.1 Å². The largest absolute Gasteiger partial charge is 0.493 e. The standard InChI is InChI=1S/C26H35NO3/c1-21-7-2-4-9-23(21)10-5-3-8-22-13-16-27(17-14-22)15-6-18-28-24-11-12-25-26(19-24)30-20-29-25/h2,4,7,9,11-12,19,22H,3,5-6,8,10,13-18,20H2,1H3. The van der Waals surface area contributed by atoms with Crippen molar-refractivity contribution in [2.24, 2.45) is 5.92 Å². The molecular weight excluding hydrogens is 374 g/mol. The Balaban J connectivity index is 1.05. The highest BCUT2D eigenvalue weighted by Crippen LogP contribution is 2.35. The number of aryl methyl sites for hydroxylation is 2. The molecule has 4 rings (SSSR count). The number of hydrogen-bond acceptors (Lipinski definition) is 4. The maximum absolute atomic E-state index is 5.89. The van der Waals surface area contributed by atoms with Crippen LogP contribution < -0.4 is 14.2 Å². The van der Waals surface area contributed by atoms with E-state index in [4.69, 9.17) is 14.2 Å². The summed E-state index contributed by atoms with van der Waals surface area (Å²) in [5, 5.41) is 0. The molecule has 2 aliphatic rings. The predicted octanol–water partition coefficient (Wildman–Crippen LogP) is 5.62.